The van der Waals surface area contributed by atoms with Crippen LogP contribution in [0.2, 0.25) is 0 Å². The first-order valence-electron chi connectivity index (χ1n) is 5.86. The maximum absolute atomic E-state index is 9.40. The van der Waals surface area contributed by atoms with Gasteiger partial charge in [-0.1, -0.05) is 13.0 Å². The molecule has 0 heterocycles. The Bertz CT molecular complexity index is 460. The van der Waals surface area contributed by atoms with Crippen molar-refractivity contribution in [1.29, 1.82) is 5.26 Å². The molecule has 1 unspecified atom stereocenters. The lowest BCUT2D eigenvalue weighted by Gasteiger charge is -2.31. The Balaban J connectivity index is 2.22. The highest BCUT2D eigenvalue weighted by atomic mass is 16.5. The van der Waals surface area contributed by atoms with Crippen molar-refractivity contribution in [1.82, 2.24) is 0 Å². The van der Waals surface area contributed by atoms with Crippen LogP contribution in [0.4, 0.5) is 5.69 Å². The molecule has 2 rings (SSSR count). The zero-order valence-corrected chi connectivity index (χ0v) is 10.6. The van der Waals surface area contributed by atoms with E-state index in [0.717, 1.165) is 24.3 Å². The number of ether oxygens (including phenoxy) is 1. The van der Waals surface area contributed by atoms with Gasteiger partial charge in [0.15, 0.2) is 0 Å². The molecule has 17 heavy (non-hydrogen) atoms. The van der Waals surface area contributed by atoms with Crippen molar-refractivity contribution in [3.8, 4) is 11.8 Å². The SMILES string of the molecule is COc1cccc(NC(C)(C#N)C2(C)CC2)c1. The van der Waals surface area contributed by atoms with Crippen molar-refractivity contribution in [2.45, 2.75) is 32.2 Å². The van der Waals surface area contributed by atoms with E-state index in [1.807, 2.05) is 31.2 Å². The van der Waals surface area contributed by atoms with Gasteiger partial charge in [0.2, 0.25) is 0 Å². The second-order valence-corrected chi connectivity index (χ2v) is 5.15. The van der Waals surface area contributed by atoms with Crippen LogP contribution in [0.3, 0.4) is 0 Å². The van der Waals surface area contributed by atoms with E-state index in [1.165, 1.54) is 0 Å². The van der Waals surface area contributed by atoms with Crippen molar-refractivity contribution < 1.29 is 4.74 Å². The van der Waals surface area contributed by atoms with E-state index < -0.39 is 5.54 Å². The average Bonchev–Trinajstić information content (AvgIpc) is 3.09. The number of benzene rings is 1. The summed E-state index contributed by atoms with van der Waals surface area (Å²) >= 11 is 0. The van der Waals surface area contributed by atoms with Gasteiger partial charge in [0, 0.05) is 17.2 Å². The molecule has 3 nitrogen and oxygen atoms in total. The van der Waals surface area contributed by atoms with Gasteiger partial charge in [-0.3, -0.25) is 0 Å². The second kappa shape index (κ2) is 3.96. The van der Waals surface area contributed by atoms with Crippen LogP contribution in [0.5, 0.6) is 5.75 Å². The topological polar surface area (TPSA) is 45.0 Å². The number of nitriles is 1. The molecule has 0 saturated heterocycles. The Morgan fingerprint density at radius 2 is 2.18 bits per heavy atom. The van der Waals surface area contributed by atoms with E-state index >= 15 is 0 Å². The molecule has 0 amide bonds. The third kappa shape index (κ3) is 2.08. The zero-order chi connectivity index (χ0) is 12.5. The van der Waals surface area contributed by atoms with E-state index in [9.17, 15) is 5.26 Å². The first-order chi connectivity index (χ1) is 8.03. The number of methoxy groups -OCH3 is 1. The Hall–Kier alpha value is -1.69. The molecule has 1 aromatic carbocycles. The molecule has 1 saturated carbocycles. The van der Waals surface area contributed by atoms with E-state index in [0.29, 0.717) is 0 Å². The van der Waals surface area contributed by atoms with Gasteiger partial charge >= 0.3 is 0 Å². The standard InChI is InChI=1S/C14H18N2O/c1-13(7-8-13)14(2,10-15)16-11-5-4-6-12(9-11)17-3/h4-6,9,16H,7-8H2,1-3H3. The summed E-state index contributed by atoms with van der Waals surface area (Å²) in [6.45, 7) is 4.13. The molecule has 0 radical (unpaired) electrons. The highest BCUT2D eigenvalue weighted by molar-refractivity contribution is 5.52. The summed E-state index contributed by atoms with van der Waals surface area (Å²) in [6.07, 6.45) is 2.21. The summed E-state index contributed by atoms with van der Waals surface area (Å²) in [5, 5.41) is 12.7. The number of rotatable bonds is 4. The Kier molecular flexibility index (Phi) is 2.74. The highest BCUT2D eigenvalue weighted by Crippen LogP contribution is 2.54. The molecule has 1 aliphatic carbocycles. The van der Waals surface area contributed by atoms with Gasteiger partial charge < -0.3 is 10.1 Å². The van der Waals surface area contributed by atoms with Crippen LogP contribution in [0.1, 0.15) is 26.7 Å². The number of nitrogens with zero attached hydrogens (tertiary/aromatic N) is 1. The lowest BCUT2D eigenvalue weighted by Crippen LogP contribution is -2.41. The average molecular weight is 230 g/mol. The maximum Gasteiger partial charge on any atom is 0.127 e. The molecule has 1 N–H and O–H groups in total. The van der Waals surface area contributed by atoms with Crippen LogP contribution >= 0.6 is 0 Å². The van der Waals surface area contributed by atoms with Gasteiger partial charge in [-0.05, 0) is 31.9 Å². The fraction of sp³-hybridized carbons (Fsp3) is 0.500. The van der Waals surface area contributed by atoms with E-state index in [-0.39, 0.29) is 5.41 Å². The molecule has 0 bridgehead atoms. The number of hydrogen-bond acceptors (Lipinski definition) is 3. The Morgan fingerprint density at radius 3 is 2.71 bits per heavy atom. The molecule has 1 fully saturated rings. The van der Waals surface area contributed by atoms with Crippen molar-refractivity contribution in [2.24, 2.45) is 5.41 Å². The van der Waals surface area contributed by atoms with Crippen LogP contribution in [0, 0.1) is 16.7 Å². The van der Waals surface area contributed by atoms with Crippen LogP contribution in [0.15, 0.2) is 24.3 Å². The summed E-state index contributed by atoms with van der Waals surface area (Å²) < 4.78 is 5.18. The molecule has 1 aliphatic rings. The fourth-order valence-corrected chi connectivity index (χ4v) is 1.99. The molecule has 90 valence electrons. The lowest BCUT2D eigenvalue weighted by atomic mass is 9.85. The molecular weight excluding hydrogens is 212 g/mol. The predicted molar refractivity (Wildman–Crippen MR) is 68.0 cm³/mol. The number of anilines is 1. The zero-order valence-electron chi connectivity index (χ0n) is 10.6. The molecule has 3 heteroatoms. The second-order valence-electron chi connectivity index (χ2n) is 5.15. The number of nitrogens with one attached hydrogen (secondary N) is 1. The van der Waals surface area contributed by atoms with Crippen molar-refractivity contribution in [3.05, 3.63) is 24.3 Å². The third-order valence-corrected chi connectivity index (χ3v) is 3.89. The molecule has 0 spiro atoms. The highest BCUT2D eigenvalue weighted by Gasteiger charge is 2.53. The molecule has 1 aromatic rings. The van der Waals surface area contributed by atoms with Crippen molar-refractivity contribution in [2.75, 3.05) is 12.4 Å². The predicted octanol–water partition coefficient (Wildman–Crippen LogP) is 3.19. The molecular formula is C14H18N2O. The van der Waals surface area contributed by atoms with Crippen molar-refractivity contribution >= 4 is 5.69 Å². The molecule has 0 aliphatic heterocycles. The van der Waals surface area contributed by atoms with Gasteiger partial charge in [0.05, 0.1) is 13.2 Å². The first-order valence-corrected chi connectivity index (χ1v) is 5.86. The monoisotopic (exact) mass is 230 g/mol. The Labute approximate surface area is 102 Å². The first kappa shape index (κ1) is 11.8. The fourth-order valence-electron chi connectivity index (χ4n) is 1.99. The summed E-state index contributed by atoms with van der Waals surface area (Å²) in [4.78, 5) is 0. The number of hydrogen-bond donors (Lipinski definition) is 1. The quantitative estimate of drug-likeness (QED) is 0.864. The lowest BCUT2D eigenvalue weighted by molar-refractivity contribution is 0.403. The van der Waals surface area contributed by atoms with Gasteiger partial charge in [-0.15, -0.1) is 0 Å². The third-order valence-electron chi connectivity index (χ3n) is 3.89. The van der Waals surface area contributed by atoms with Crippen molar-refractivity contribution in [3.63, 3.8) is 0 Å². The largest absolute Gasteiger partial charge is 0.497 e. The smallest absolute Gasteiger partial charge is 0.127 e. The maximum atomic E-state index is 9.40. The van der Waals surface area contributed by atoms with Gasteiger partial charge in [-0.25, -0.2) is 0 Å². The van der Waals surface area contributed by atoms with Crippen LogP contribution in [0.25, 0.3) is 0 Å². The van der Waals surface area contributed by atoms with Gasteiger partial charge in [0.1, 0.15) is 11.3 Å². The minimum atomic E-state index is -0.515. The van der Waals surface area contributed by atoms with E-state index in [1.54, 1.807) is 7.11 Å². The minimum Gasteiger partial charge on any atom is -0.497 e. The van der Waals surface area contributed by atoms with Crippen LogP contribution in [-0.4, -0.2) is 12.6 Å². The summed E-state index contributed by atoms with van der Waals surface area (Å²) in [5.74, 6) is 0.802. The van der Waals surface area contributed by atoms with E-state index in [4.69, 9.17) is 4.74 Å². The Morgan fingerprint density at radius 1 is 1.47 bits per heavy atom. The van der Waals surface area contributed by atoms with Gasteiger partial charge in [0.25, 0.3) is 0 Å². The summed E-state index contributed by atoms with van der Waals surface area (Å²) in [7, 11) is 1.64. The van der Waals surface area contributed by atoms with Gasteiger partial charge in [-0.2, -0.15) is 5.26 Å². The van der Waals surface area contributed by atoms with Crippen LogP contribution < -0.4 is 10.1 Å². The van der Waals surface area contributed by atoms with Crippen LogP contribution in [-0.2, 0) is 0 Å². The van der Waals surface area contributed by atoms with E-state index in [2.05, 4.69) is 18.3 Å². The molecule has 1 atom stereocenters. The summed E-state index contributed by atoms with van der Waals surface area (Å²) in [5.41, 5.74) is 0.506. The molecule has 0 aromatic heterocycles. The summed E-state index contributed by atoms with van der Waals surface area (Å²) in [6, 6.07) is 10.1. The minimum absolute atomic E-state index is 0.0881. The normalized spacial score (nSPS) is 19.9.